The summed E-state index contributed by atoms with van der Waals surface area (Å²) in [5.41, 5.74) is 0. The molecule has 13 heavy (non-hydrogen) atoms. The first-order chi connectivity index (χ1) is 6.20. The zero-order valence-corrected chi connectivity index (χ0v) is 10.0. The van der Waals surface area contributed by atoms with Crippen molar-refractivity contribution in [3.63, 3.8) is 0 Å². The van der Waals surface area contributed by atoms with E-state index in [0.29, 0.717) is 11.9 Å². The van der Waals surface area contributed by atoms with Crippen LogP contribution >= 0.6 is 15.9 Å². The van der Waals surface area contributed by atoms with Gasteiger partial charge in [-0.05, 0) is 19.3 Å². The Bertz CT molecular complexity index is 184. The molecule has 1 amide bonds. The molecule has 0 aromatic heterocycles. The third-order valence-electron chi connectivity index (χ3n) is 2.87. The summed E-state index contributed by atoms with van der Waals surface area (Å²) < 4.78 is 0. The monoisotopic (exact) mass is 247 g/mol. The normalized spacial score (nSPS) is 24.8. The Hall–Kier alpha value is -0.0500. The van der Waals surface area contributed by atoms with Crippen molar-refractivity contribution in [2.24, 2.45) is 5.92 Å². The molecule has 0 spiro atoms. The van der Waals surface area contributed by atoms with E-state index in [2.05, 4.69) is 22.9 Å². The molecule has 1 fully saturated rings. The standard InChI is InChI=1S/C10H18BrNO/c1-3-8(2)10(13)12-6-4-5-9(12)7-11/h8-9H,3-7H2,1-2H3. The Kier molecular flexibility index (Phi) is 4.23. The summed E-state index contributed by atoms with van der Waals surface area (Å²) >= 11 is 3.46. The maximum absolute atomic E-state index is 11.9. The second kappa shape index (κ2) is 4.99. The van der Waals surface area contributed by atoms with E-state index in [0.717, 1.165) is 24.7 Å². The van der Waals surface area contributed by atoms with Crippen LogP contribution in [0.2, 0.25) is 0 Å². The van der Waals surface area contributed by atoms with E-state index in [4.69, 9.17) is 0 Å². The van der Waals surface area contributed by atoms with Gasteiger partial charge >= 0.3 is 0 Å². The average Bonchev–Trinajstić information content (AvgIpc) is 2.62. The third kappa shape index (κ3) is 2.46. The molecule has 1 heterocycles. The van der Waals surface area contributed by atoms with Crippen molar-refractivity contribution >= 4 is 21.8 Å². The van der Waals surface area contributed by atoms with Crippen molar-refractivity contribution in [3.8, 4) is 0 Å². The van der Waals surface area contributed by atoms with Crippen LogP contribution in [0.25, 0.3) is 0 Å². The van der Waals surface area contributed by atoms with Gasteiger partial charge in [-0.1, -0.05) is 29.8 Å². The Morgan fingerprint density at radius 2 is 2.38 bits per heavy atom. The van der Waals surface area contributed by atoms with Gasteiger partial charge in [0.25, 0.3) is 0 Å². The molecular formula is C10H18BrNO. The van der Waals surface area contributed by atoms with Crippen LogP contribution in [0, 0.1) is 5.92 Å². The number of hydrogen-bond donors (Lipinski definition) is 0. The zero-order valence-electron chi connectivity index (χ0n) is 8.42. The van der Waals surface area contributed by atoms with E-state index >= 15 is 0 Å². The molecule has 2 unspecified atom stereocenters. The SMILES string of the molecule is CCC(C)C(=O)N1CCCC1CBr. The summed E-state index contributed by atoms with van der Waals surface area (Å²) in [5, 5.41) is 0.926. The number of halogens is 1. The second-order valence-electron chi connectivity index (χ2n) is 3.79. The number of amides is 1. The molecule has 0 aromatic carbocycles. The largest absolute Gasteiger partial charge is 0.339 e. The highest BCUT2D eigenvalue weighted by molar-refractivity contribution is 9.09. The van der Waals surface area contributed by atoms with Crippen molar-refractivity contribution in [2.45, 2.75) is 39.2 Å². The summed E-state index contributed by atoms with van der Waals surface area (Å²) in [7, 11) is 0. The molecule has 2 atom stereocenters. The Balaban J connectivity index is 2.54. The van der Waals surface area contributed by atoms with Crippen molar-refractivity contribution in [2.75, 3.05) is 11.9 Å². The number of carbonyl (C=O) groups excluding carboxylic acids is 1. The summed E-state index contributed by atoms with van der Waals surface area (Å²) in [5.74, 6) is 0.532. The van der Waals surface area contributed by atoms with Crippen LogP contribution < -0.4 is 0 Å². The summed E-state index contributed by atoms with van der Waals surface area (Å²) in [6.45, 7) is 5.05. The summed E-state index contributed by atoms with van der Waals surface area (Å²) in [4.78, 5) is 13.9. The number of rotatable bonds is 3. The van der Waals surface area contributed by atoms with Crippen LogP contribution in [0.4, 0.5) is 0 Å². The van der Waals surface area contributed by atoms with E-state index in [-0.39, 0.29) is 5.92 Å². The minimum atomic E-state index is 0.194. The molecule has 0 bridgehead atoms. The lowest BCUT2D eigenvalue weighted by Crippen LogP contribution is -2.39. The van der Waals surface area contributed by atoms with Crippen LogP contribution in [0.15, 0.2) is 0 Å². The quantitative estimate of drug-likeness (QED) is 0.702. The predicted octanol–water partition coefficient (Wildman–Crippen LogP) is 2.42. The molecule has 1 aliphatic rings. The minimum absolute atomic E-state index is 0.194. The molecule has 0 radical (unpaired) electrons. The van der Waals surface area contributed by atoms with Crippen LogP contribution in [-0.2, 0) is 4.79 Å². The van der Waals surface area contributed by atoms with Gasteiger partial charge in [-0.2, -0.15) is 0 Å². The Morgan fingerprint density at radius 3 is 2.92 bits per heavy atom. The van der Waals surface area contributed by atoms with Crippen molar-refractivity contribution < 1.29 is 4.79 Å². The number of alkyl halides is 1. The lowest BCUT2D eigenvalue weighted by molar-refractivity contribution is -0.135. The molecule has 0 aromatic rings. The predicted molar refractivity (Wildman–Crippen MR) is 58.0 cm³/mol. The van der Waals surface area contributed by atoms with Crippen molar-refractivity contribution in [1.29, 1.82) is 0 Å². The first-order valence-electron chi connectivity index (χ1n) is 5.07. The average molecular weight is 248 g/mol. The van der Waals surface area contributed by atoms with Gasteiger partial charge in [-0.25, -0.2) is 0 Å². The Morgan fingerprint density at radius 1 is 1.69 bits per heavy atom. The topological polar surface area (TPSA) is 20.3 Å². The number of nitrogens with zero attached hydrogens (tertiary/aromatic N) is 1. The number of hydrogen-bond acceptors (Lipinski definition) is 1. The van der Waals surface area contributed by atoms with Gasteiger partial charge < -0.3 is 4.90 Å². The minimum Gasteiger partial charge on any atom is -0.339 e. The summed E-state index contributed by atoms with van der Waals surface area (Å²) in [6, 6.07) is 0.446. The van der Waals surface area contributed by atoms with E-state index in [1.165, 1.54) is 6.42 Å². The van der Waals surface area contributed by atoms with Gasteiger partial charge in [0.15, 0.2) is 0 Å². The molecule has 1 saturated heterocycles. The second-order valence-corrected chi connectivity index (χ2v) is 4.44. The van der Waals surface area contributed by atoms with Crippen LogP contribution in [0.5, 0.6) is 0 Å². The van der Waals surface area contributed by atoms with Crippen molar-refractivity contribution in [1.82, 2.24) is 4.90 Å². The molecule has 3 heteroatoms. The number of carbonyl (C=O) groups is 1. The van der Waals surface area contributed by atoms with E-state index in [9.17, 15) is 4.79 Å². The van der Waals surface area contributed by atoms with Crippen LogP contribution in [0.3, 0.4) is 0 Å². The maximum atomic E-state index is 11.9. The fraction of sp³-hybridized carbons (Fsp3) is 0.900. The van der Waals surface area contributed by atoms with Gasteiger partial charge in [0.1, 0.15) is 0 Å². The molecule has 2 nitrogen and oxygen atoms in total. The van der Waals surface area contributed by atoms with Gasteiger partial charge in [-0.3, -0.25) is 4.79 Å². The van der Waals surface area contributed by atoms with E-state index < -0.39 is 0 Å². The summed E-state index contributed by atoms with van der Waals surface area (Å²) in [6.07, 6.45) is 3.27. The lowest BCUT2D eigenvalue weighted by Gasteiger charge is -2.25. The molecule has 0 saturated carbocycles. The number of likely N-dealkylation sites (tertiary alicyclic amines) is 1. The Labute approximate surface area is 88.8 Å². The molecule has 0 N–H and O–H groups in total. The fourth-order valence-electron chi connectivity index (χ4n) is 1.74. The molecule has 1 aliphatic heterocycles. The third-order valence-corrected chi connectivity index (χ3v) is 3.62. The zero-order chi connectivity index (χ0) is 9.84. The highest BCUT2D eigenvalue weighted by Crippen LogP contribution is 2.21. The smallest absolute Gasteiger partial charge is 0.225 e. The van der Waals surface area contributed by atoms with Crippen molar-refractivity contribution in [3.05, 3.63) is 0 Å². The molecule has 0 aliphatic carbocycles. The highest BCUT2D eigenvalue weighted by atomic mass is 79.9. The molecule has 1 rings (SSSR count). The van der Waals surface area contributed by atoms with Gasteiger partial charge in [0.05, 0.1) is 0 Å². The van der Waals surface area contributed by atoms with E-state index in [1.54, 1.807) is 0 Å². The van der Waals surface area contributed by atoms with Gasteiger partial charge in [-0.15, -0.1) is 0 Å². The fourth-order valence-corrected chi connectivity index (χ4v) is 2.42. The van der Waals surface area contributed by atoms with Crippen LogP contribution in [-0.4, -0.2) is 28.7 Å². The molecular weight excluding hydrogens is 230 g/mol. The first-order valence-corrected chi connectivity index (χ1v) is 6.19. The lowest BCUT2D eigenvalue weighted by atomic mass is 10.1. The maximum Gasteiger partial charge on any atom is 0.225 e. The highest BCUT2D eigenvalue weighted by Gasteiger charge is 2.29. The van der Waals surface area contributed by atoms with Gasteiger partial charge in [0, 0.05) is 23.8 Å². The van der Waals surface area contributed by atoms with Gasteiger partial charge in [0.2, 0.25) is 5.91 Å². The molecule has 76 valence electrons. The van der Waals surface area contributed by atoms with Crippen LogP contribution in [0.1, 0.15) is 33.1 Å². The first kappa shape index (κ1) is 11.0. The van der Waals surface area contributed by atoms with E-state index in [1.807, 2.05) is 11.8 Å².